The average Bonchev–Trinajstić information content (AvgIpc) is 3.20. The lowest BCUT2D eigenvalue weighted by molar-refractivity contribution is -0.155. The first-order chi connectivity index (χ1) is 13.3. The van der Waals surface area contributed by atoms with Gasteiger partial charge in [0.05, 0.1) is 18.1 Å². The van der Waals surface area contributed by atoms with Crippen LogP contribution in [0.5, 0.6) is 0 Å². The van der Waals surface area contributed by atoms with Crippen LogP contribution in [0.4, 0.5) is 19.0 Å². The van der Waals surface area contributed by atoms with Crippen molar-refractivity contribution in [2.45, 2.75) is 25.6 Å². The zero-order chi connectivity index (χ0) is 20.3. The van der Waals surface area contributed by atoms with Gasteiger partial charge in [0, 0.05) is 0 Å². The van der Waals surface area contributed by atoms with E-state index in [0.717, 1.165) is 0 Å². The first kappa shape index (κ1) is 19.3. The maximum Gasteiger partial charge on any atom is 0.412 e. The van der Waals surface area contributed by atoms with Crippen LogP contribution in [-0.4, -0.2) is 37.0 Å². The smallest absolute Gasteiger partial charge is 0.382 e. The second-order valence-corrected chi connectivity index (χ2v) is 5.76. The molecule has 2 heterocycles. The summed E-state index contributed by atoms with van der Waals surface area (Å²) >= 11 is 0. The SMILES string of the molecule is CCc1nc(C(=O)N[C@H](c2ccccc2)C(F)(F)F)c(N)nc1-n1nccn1. The molecule has 1 amide bonds. The van der Waals surface area contributed by atoms with Crippen LogP contribution in [0.3, 0.4) is 0 Å². The summed E-state index contributed by atoms with van der Waals surface area (Å²) in [6.45, 7) is 1.75. The van der Waals surface area contributed by atoms with E-state index in [2.05, 4.69) is 20.2 Å². The molecule has 3 rings (SSSR count). The molecule has 11 heteroatoms. The lowest BCUT2D eigenvalue weighted by atomic mass is 10.1. The van der Waals surface area contributed by atoms with E-state index < -0.39 is 23.8 Å². The van der Waals surface area contributed by atoms with E-state index in [1.807, 2.05) is 5.32 Å². The van der Waals surface area contributed by atoms with Crippen LogP contribution in [0, 0.1) is 0 Å². The molecule has 0 saturated carbocycles. The zero-order valence-corrected chi connectivity index (χ0v) is 14.7. The van der Waals surface area contributed by atoms with Crippen LogP contribution >= 0.6 is 0 Å². The van der Waals surface area contributed by atoms with Crippen molar-refractivity contribution in [3.8, 4) is 5.82 Å². The van der Waals surface area contributed by atoms with Crippen molar-refractivity contribution in [1.82, 2.24) is 30.3 Å². The Morgan fingerprint density at radius 1 is 1.18 bits per heavy atom. The monoisotopic (exact) mass is 391 g/mol. The lowest BCUT2D eigenvalue weighted by Crippen LogP contribution is -2.39. The highest BCUT2D eigenvalue weighted by molar-refractivity contribution is 5.96. The van der Waals surface area contributed by atoms with E-state index >= 15 is 0 Å². The average molecular weight is 391 g/mol. The highest BCUT2D eigenvalue weighted by atomic mass is 19.4. The number of rotatable bonds is 5. The number of benzene rings is 1. The Kier molecular flexibility index (Phi) is 5.25. The second-order valence-electron chi connectivity index (χ2n) is 5.76. The minimum atomic E-state index is -4.70. The molecular weight excluding hydrogens is 375 g/mol. The molecule has 0 bridgehead atoms. The fourth-order valence-electron chi connectivity index (χ4n) is 2.56. The third-order valence-electron chi connectivity index (χ3n) is 3.87. The molecule has 3 N–H and O–H groups in total. The molecule has 2 aromatic heterocycles. The van der Waals surface area contributed by atoms with Crippen LogP contribution in [-0.2, 0) is 6.42 Å². The molecule has 0 spiro atoms. The molecule has 3 aromatic rings. The first-order valence-corrected chi connectivity index (χ1v) is 8.26. The van der Waals surface area contributed by atoms with Gasteiger partial charge in [-0.15, -0.1) is 4.80 Å². The molecular formula is C17H16F3N7O. The van der Waals surface area contributed by atoms with Gasteiger partial charge in [0.2, 0.25) is 0 Å². The van der Waals surface area contributed by atoms with Crippen LogP contribution in [0.25, 0.3) is 5.82 Å². The molecule has 28 heavy (non-hydrogen) atoms. The number of hydrogen-bond acceptors (Lipinski definition) is 6. The van der Waals surface area contributed by atoms with Crippen LogP contribution < -0.4 is 11.1 Å². The van der Waals surface area contributed by atoms with Gasteiger partial charge < -0.3 is 11.1 Å². The largest absolute Gasteiger partial charge is 0.412 e. The van der Waals surface area contributed by atoms with Crippen molar-refractivity contribution in [1.29, 1.82) is 0 Å². The van der Waals surface area contributed by atoms with Gasteiger partial charge in [0.25, 0.3) is 5.91 Å². The van der Waals surface area contributed by atoms with Crippen molar-refractivity contribution in [2.24, 2.45) is 0 Å². The number of nitrogen functional groups attached to an aromatic ring is 1. The van der Waals surface area contributed by atoms with Crippen molar-refractivity contribution >= 4 is 11.7 Å². The summed E-state index contributed by atoms with van der Waals surface area (Å²) < 4.78 is 40.4. The molecule has 0 unspecified atom stereocenters. The van der Waals surface area contributed by atoms with Gasteiger partial charge in [-0.1, -0.05) is 37.3 Å². The van der Waals surface area contributed by atoms with Crippen molar-refractivity contribution in [3.05, 3.63) is 59.7 Å². The maximum absolute atomic E-state index is 13.5. The molecule has 0 saturated heterocycles. The minimum Gasteiger partial charge on any atom is -0.382 e. The number of hydrogen-bond donors (Lipinski definition) is 2. The molecule has 0 aliphatic heterocycles. The third kappa shape index (κ3) is 3.92. The summed E-state index contributed by atoms with van der Waals surface area (Å²) in [5.41, 5.74) is 5.61. The summed E-state index contributed by atoms with van der Waals surface area (Å²) in [4.78, 5) is 21.9. The van der Waals surface area contributed by atoms with E-state index in [4.69, 9.17) is 5.73 Å². The van der Waals surface area contributed by atoms with Gasteiger partial charge in [-0.3, -0.25) is 4.79 Å². The topological polar surface area (TPSA) is 112 Å². The predicted octanol–water partition coefficient (Wildman–Crippen LogP) is 2.24. The Balaban J connectivity index is 1.95. The van der Waals surface area contributed by atoms with Crippen LogP contribution in [0.1, 0.15) is 34.7 Å². The first-order valence-electron chi connectivity index (χ1n) is 8.26. The Labute approximate surface area is 157 Å². The zero-order valence-electron chi connectivity index (χ0n) is 14.7. The third-order valence-corrected chi connectivity index (χ3v) is 3.87. The summed E-state index contributed by atoms with van der Waals surface area (Å²) in [7, 11) is 0. The number of nitrogens with two attached hydrogens (primary N) is 1. The van der Waals surface area contributed by atoms with Gasteiger partial charge in [0.1, 0.15) is 0 Å². The maximum atomic E-state index is 13.5. The van der Waals surface area contributed by atoms with Gasteiger partial charge in [-0.25, -0.2) is 9.97 Å². The van der Waals surface area contributed by atoms with Gasteiger partial charge in [-0.05, 0) is 12.0 Å². The number of aromatic nitrogens is 5. The molecule has 1 aromatic carbocycles. The van der Waals surface area contributed by atoms with Gasteiger partial charge >= 0.3 is 6.18 Å². The number of amides is 1. The summed E-state index contributed by atoms with van der Waals surface area (Å²) in [6.07, 6.45) is -1.52. The van der Waals surface area contributed by atoms with Gasteiger partial charge in [-0.2, -0.15) is 23.4 Å². The molecule has 0 aliphatic carbocycles. The van der Waals surface area contributed by atoms with Crippen molar-refractivity contribution in [3.63, 3.8) is 0 Å². The Morgan fingerprint density at radius 3 is 2.39 bits per heavy atom. The number of anilines is 1. The second kappa shape index (κ2) is 7.62. The normalized spacial score (nSPS) is 12.6. The van der Waals surface area contributed by atoms with Crippen LogP contribution in [0.2, 0.25) is 0 Å². The van der Waals surface area contributed by atoms with Crippen molar-refractivity contribution < 1.29 is 18.0 Å². The van der Waals surface area contributed by atoms with Crippen LogP contribution in [0.15, 0.2) is 42.7 Å². The molecule has 0 fully saturated rings. The molecule has 1 atom stereocenters. The Hall–Kier alpha value is -3.50. The van der Waals surface area contributed by atoms with E-state index in [1.165, 1.54) is 41.5 Å². The number of carbonyl (C=O) groups is 1. The summed E-state index contributed by atoms with van der Waals surface area (Å²) in [5.74, 6) is -1.20. The fraction of sp³-hybridized carbons (Fsp3) is 0.235. The highest BCUT2D eigenvalue weighted by Crippen LogP contribution is 2.33. The van der Waals surface area contributed by atoms with E-state index in [0.29, 0.717) is 12.1 Å². The minimum absolute atomic E-state index is 0.108. The van der Waals surface area contributed by atoms with E-state index in [1.54, 1.807) is 13.0 Å². The summed E-state index contributed by atoms with van der Waals surface area (Å²) in [6, 6.07) is 4.83. The molecule has 8 nitrogen and oxygen atoms in total. The number of halogens is 3. The fourth-order valence-corrected chi connectivity index (χ4v) is 2.56. The number of carbonyl (C=O) groups excluding carboxylic acids is 1. The standard InChI is InChI=1S/C17H16F3N7O/c1-2-11-15(27-22-8-9-23-27)26-14(21)12(24-11)16(28)25-13(17(18,19)20)10-6-4-3-5-7-10/h3-9,13H,2H2,1H3,(H2,21,26)(H,25,28)/t13-/m1/s1. The molecule has 0 aliphatic rings. The number of aryl methyl sites for hydroxylation is 1. The Bertz CT molecular complexity index is 959. The highest BCUT2D eigenvalue weighted by Gasteiger charge is 2.42. The molecule has 0 radical (unpaired) electrons. The quantitative estimate of drug-likeness (QED) is 0.690. The van der Waals surface area contributed by atoms with E-state index in [-0.39, 0.29) is 17.2 Å². The number of alkyl halides is 3. The number of nitrogens with zero attached hydrogens (tertiary/aromatic N) is 5. The van der Waals surface area contributed by atoms with E-state index in [9.17, 15) is 18.0 Å². The Morgan fingerprint density at radius 2 is 1.82 bits per heavy atom. The van der Waals surface area contributed by atoms with Gasteiger partial charge in [0.15, 0.2) is 23.4 Å². The number of nitrogens with one attached hydrogen (secondary N) is 1. The summed E-state index contributed by atoms with van der Waals surface area (Å²) in [5, 5.41) is 9.81. The van der Waals surface area contributed by atoms with Crippen molar-refractivity contribution in [2.75, 3.05) is 5.73 Å². The predicted molar refractivity (Wildman–Crippen MR) is 93.4 cm³/mol. The lowest BCUT2D eigenvalue weighted by Gasteiger charge is -2.22. The molecule has 146 valence electrons.